The van der Waals surface area contributed by atoms with Gasteiger partial charge in [-0.3, -0.25) is 0 Å². The number of aliphatic carboxylic acids is 1. The van der Waals surface area contributed by atoms with Crippen molar-refractivity contribution >= 4 is 11.7 Å². The van der Waals surface area contributed by atoms with Gasteiger partial charge in [0, 0.05) is 24.5 Å². The summed E-state index contributed by atoms with van der Waals surface area (Å²) in [5, 5.41) is 9.47. The summed E-state index contributed by atoms with van der Waals surface area (Å²) in [5.41, 5.74) is 0.0106. The van der Waals surface area contributed by atoms with E-state index < -0.39 is 11.5 Å². The van der Waals surface area contributed by atoms with Crippen LogP contribution in [0.2, 0.25) is 0 Å². The smallest absolute Gasteiger partial charge is 0.329 e. The molecule has 1 aliphatic rings. The minimum absolute atomic E-state index is 0.505. The Hall–Kier alpha value is -1.78. The lowest BCUT2D eigenvalue weighted by Crippen LogP contribution is -2.55. The van der Waals surface area contributed by atoms with Gasteiger partial charge in [-0.1, -0.05) is 0 Å². The number of methoxy groups -OCH3 is 1. The van der Waals surface area contributed by atoms with Crippen molar-refractivity contribution in [3.63, 3.8) is 0 Å². The van der Waals surface area contributed by atoms with E-state index in [-0.39, 0.29) is 0 Å². The normalized spacial score (nSPS) is 23.8. The van der Waals surface area contributed by atoms with Crippen molar-refractivity contribution in [1.29, 1.82) is 0 Å². The lowest BCUT2D eigenvalue weighted by molar-refractivity contribution is -0.143. The van der Waals surface area contributed by atoms with Crippen LogP contribution < -0.4 is 9.64 Å². The second-order valence-electron chi connectivity index (χ2n) is 4.74. The first-order valence-corrected chi connectivity index (χ1v) is 6.09. The van der Waals surface area contributed by atoms with Crippen molar-refractivity contribution in [1.82, 2.24) is 4.98 Å². The maximum absolute atomic E-state index is 11.5. The quantitative estimate of drug-likeness (QED) is 0.888. The fourth-order valence-electron chi connectivity index (χ4n) is 2.44. The number of piperidine rings is 1. The van der Waals surface area contributed by atoms with Gasteiger partial charge in [-0.05, 0) is 32.3 Å². The molecule has 18 heavy (non-hydrogen) atoms. The van der Waals surface area contributed by atoms with Gasteiger partial charge in [-0.2, -0.15) is 0 Å². The molecule has 0 spiro atoms. The molecule has 1 atom stereocenters. The predicted octanol–water partition coefficient (Wildman–Crippen LogP) is 1.92. The number of carboxylic acid groups (broad SMARTS) is 1. The summed E-state index contributed by atoms with van der Waals surface area (Å²) in [5.74, 6) is -0.274. The zero-order chi connectivity index (χ0) is 13.2. The van der Waals surface area contributed by atoms with Crippen LogP contribution >= 0.6 is 0 Å². The highest BCUT2D eigenvalue weighted by atomic mass is 16.5. The molecule has 1 N–H and O–H groups in total. The van der Waals surface area contributed by atoms with Gasteiger partial charge in [0.05, 0.1) is 7.11 Å². The fourth-order valence-corrected chi connectivity index (χ4v) is 2.44. The van der Waals surface area contributed by atoms with Crippen LogP contribution in [0.15, 0.2) is 18.3 Å². The number of hydrogen-bond acceptors (Lipinski definition) is 4. The lowest BCUT2D eigenvalue weighted by Gasteiger charge is -2.43. The van der Waals surface area contributed by atoms with Gasteiger partial charge in [-0.15, -0.1) is 0 Å². The number of ether oxygens (including phenoxy) is 1. The molecule has 1 saturated heterocycles. The molecule has 0 saturated carbocycles. The van der Waals surface area contributed by atoms with E-state index in [1.54, 1.807) is 26.3 Å². The predicted molar refractivity (Wildman–Crippen MR) is 68.0 cm³/mol. The molecule has 1 aliphatic heterocycles. The third-order valence-electron chi connectivity index (χ3n) is 3.59. The Kier molecular flexibility index (Phi) is 3.41. The summed E-state index contributed by atoms with van der Waals surface area (Å²) in [7, 11) is 1.55. The van der Waals surface area contributed by atoms with Crippen LogP contribution in [0.1, 0.15) is 26.2 Å². The number of carboxylic acids is 1. The summed E-state index contributed by atoms with van der Waals surface area (Å²) < 4.78 is 5.09. The largest absolute Gasteiger partial charge is 0.481 e. The molecule has 0 amide bonds. The summed E-state index contributed by atoms with van der Waals surface area (Å²) in [6, 6.07) is 3.61. The summed E-state index contributed by atoms with van der Waals surface area (Å²) >= 11 is 0. The molecule has 1 aromatic heterocycles. The molecule has 0 aromatic carbocycles. The highest BCUT2D eigenvalue weighted by Gasteiger charge is 2.41. The Morgan fingerprint density at radius 1 is 1.56 bits per heavy atom. The molecular weight excluding hydrogens is 232 g/mol. The van der Waals surface area contributed by atoms with Crippen molar-refractivity contribution < 1.29 is 14.6 Å². The topological polar surface area (TPSA) is 62.7 Å². The van der Waals surface area contributed by atoms with Crippen molar-refractivity contribution in [3.05, 3.63) is 18.3 Å². The number of pyridine rings is 1. The van der Waals surface area contributed by atoms with Crippen LogP contribution in [0.25, 0.3) is 0 Å². The Labute approximate surface area is 106 Å². The van der Waals surface area contributed by atoms with Crippen molar-refractivity contribution in [3.8, 4) is 5.88 Å². The maximum Gasteiger partial charge on any atom is 0.329 e. The van der Waals surface area contributed by atoms with Gasteiger partial charge in [-0.25, -0.2) is 9.78 Å². The number of rotatable bonds is 3. The molecule has 1 fully saturated rings. The first-order chi connectivity index (χ1) is 8.58. The second kappa shape index (κ2) is 4.84. The molecule has 2 heterocycles. The number of anilines is 1. The average Bonchev–Trinajstić information content (AvgIpc) is 2.39. The zero-order valence-corrected chi connectivity index (χ0v) is 10.7. The fraction of sp³-hybridized carbons (Fsp3) is 0.538. The molecule has 1 aromatic rings. The van der Waals surface area contributed by atoms with Gasteiger partial charge in [0.25, 0.3) is 0 Å². The van der Waals surface area contributed by atoms with E-state index in [1.807, 2.05) is 11.0 Å². The van der Waals surface area contributed by atoms with Crippen molar-refractivity contribution in [2.45, 2.75) is 31.7 Å². The van der Waals surface area contributed by atoms with Crippen LogP contribution in [0.4, 0.5) is 5.69 Å². The van der Waals surface area contributed by atoms with Crippen LogP contribution in [0, 0.1) is 0 Å². The molecule has 5 heteroatoms. The number of hydrogen-bond donors (Lipinski definition) is 1. The van der Waals surface area contributed by atoms with E-state index in [9.17, 15) is 9.90 Å². The SMILES string of the molecule is COc1cc(N2CCCCC2(C)C(=O)O)ccn1. The van der Waals surface area contributed by atoms with E-state index in [4.69, 9.17) is 4.74 Å². The first-order valence-electron chi connectivity index (χ1n) is 6.09. The van der Waals surface area contributed by atoms with Crippen molar-refractivity contribution in [2.24, 2.45) is 0 Å². The Balaban J connectivity index is 2.36. The van der Waals surface area contributed by atoms with E-state index >= 15 is 0 Å². The molecule has 5 nitrogen and oxygen atoms in total. The minimum atomic E-state index is -0.843. The third kappa shape index (κ3) is 2.12. The molecule has 0 aliphatic carbocycles. The zero-order valence-electron chi connectivity index (χ0n) is 10.7. The van der Waals surface area contributed by atoms with Gasteiger partial charge in [0.1, 0.15) is 5.54 Å². The lowest BCUT2D eigenvalue weighted by atomic mass is 9.88. The van der Waals surface area contributed by atoms with Crippen LogP contribution in [0.5, 0.6) is 5.88 Å². The molecule has 2 rings (SSSR count). The van der Waals surface area contributed by atoms with Crippen molar-refractivity contribution in [2.75, 3.05) is 18.6 Å². The van der Waals surface area contributed by atoms with E-state index in [0.717, 1.165) is 25.1 Å². The maximum atomic E-state index is 11.5. The van der Waals surface area contributed by atoms with Gasteiger partial charge in [0.2, 0.25) is 5.88 Å². The molecule has 0 bridgehead atoms. The highest BCUT2D eigenvalue weighted by molar-refractivity contribution is 5.83. The number of carbonyl (C=O) groups is 1. The van der Waals surface area contributed by atoms with E-state index in [1.165, 1.54) is 0 Å². The van der Waals surface area contributed by atoms with Crippen LogP contribution in [-0.4, -0.2) is 35.3 Å². The minimum Gasteiger partial charge on any atom is -0.481 e. The number of aromatic nitrogens is 1. The molecule has 0 radical (unpaired) electrons. The molecule has 1 unspecified atom stereocenters. The average molecular weight is 250 g/mol. The van der Waals surface area contributed by atoms with E-state index in [2.05, 4.69) is 4.98 Å². The van der Waals surface area contributed by atoms with Gasteiger partial charge < -0.3 is 14.7 Å². The molecular formula is C13H18N2O3. The summed E-state index contributed by atoms with van der Waals surface area (Å²) in [6.45, 7) is 2.53. The first kappa shape index (κ1) is 12.7. The van der Waals surface area contributed by atoms with Gasteiger partial charge >= 0.3 is 5.97 Å². The summed E-state index contributed by atoms with van der Waals surface area (Å²) in [6.07, 6.45) is 4.26. The monoisotopic (exact) mass is 250 g/mol. The molecule has 98 valence electrons. The van der Waals surface area contributed by atoms with Crippen LogP contribution in [0.3, 0.4) is 0 Å². The van der Waals surface area contributed by atoms with Crippen LogP contribution in [-0.2, 0) is 4.79 Å². The number of nitrogens with zero attached hydrogens (tertiary/aromatic N) is 2. The standard InChI is InChI=1S/C13H18N2O3/c1-13(12(16)17)6-3-4-8-15(13)10-5-7-14-11(9-10)18-2/h5,7,9H,3-4,6,8H2,1-2H3,(H,16,17). The highest BCUT2D eigenvalue weighted by Crippen LogP contribution is 2.33. The van der Waals surface area contributed by atoms with E-state index in [0.29, 0.717) is 12.3 Å². The Morgan fingerprint density at radius 2 is 2.33 bits per heavy atom. The van der Waals surface area contributed by atoms with Gasteiger partial charge in [0.15, 0.2) is 0 Å². The third-order valence-corrected chi connectivity index (χ3v) is 3.59. The second-order valence-corrected chi connectivity index (χ2v) is 4.74. The Bertz CT molecular complexity index is 450. The Morgan fingerprint density at radius 3 is 3.00 bits per heavy atom. The summed E-state index contributed by atoms with van der Waals surface area (Å²) in [4.78, 5) is 17.5.